The lowest BCUT2D eigenvalue weighted by molar-refractivity contribution is -0.136. The Hall–Kier alpha value is -1.84. The molecule has 4 nitrogen and oxygen atoms in total. The van der Waals surface area contributed by atoms with Crippen LogP contribution in [0.4, 0.5) is 5.69 Å². The minimum Gasteiger partial charge on any atom is -0.348 e. The van der Waals surface area contributed by atoms with Crippen LogP contribution in [0.25, 0.3) is 0 Å². The zero-order valence-electron chi connectivity index (χ0n) is 12.1. The molecule has 0 bridgehead atoms. The first-order valence-corrected chi connectivity index (χ1v) is 7.25. The summed E-state index contributed by atoms with van der Waals surface area (Å²) >= 11 is 0. The highest BCUT2D eigenvalue weighted by molar-refractivity contribution is 6.39. The quantitative estimate of drug-likeness (QED) is 0.829. The van der Waals surface area contributed by atoms with Gasteiger partial charge in [-0.15, -0.1) is 0 Å². The summed E-state index contributed by atoms with van der Waals surface area (Å²) in [5, 5.41) is 5.30. The van der Waals surface area contributed by atoms with Crippen LogP contribution < -0.4 is 10.6 Å². The van der Waals surface area contributed by atoms with Crippen molar-refractivity contribution in [1.29, 1.82) is 0 Å². The Morgan fingerprint density at radius 3 is 2.30 bits per heavy atom. The zero-order valence-corrected chi connectivity index (χ0v) is 12.1. The van der Waals surface area contributed by atoms with Crippen molar-refractivity contribution in [2.75, 3.05) is 11.9 Å². The number of hydrogen-bond donors (Lipinski definition) is 2. The number of anilines is 1. The van der Waals surface area contributed by atoms with Gasteiger partial charge in [-0.3, -0.25) is 9.59 Å². The standard InChI is InChI=1S/C16H22N2O2/c1-11(2)13-6-8-14(9-7-13)18-16(20)15(19)17-10-12-4-3-5-12/h6-9,11-12H,3-5,10H2,1-2H3,(H,17,19)(H,18,20). The maximum absolute atomic E-state index is 11.7. The van der Waals surface area contributed by atoms with E-state index in [4.69, 9.17) is 0 Å². The van der Waals surface area contributed by atoms with E-state index in [1.807, 2.05) is 24.3 Å². The van der Waals surface area contributed by atoms with Crippen LogP contribution in [-0.2, 0) is 9.59 Å². The fourth-order valence-corrected chi connectivity index (χ4v) is 2.15. The summed E-state index contributed by atoms with van der Waals surface area (Å²) in [6, 6.07) is 7.58. The van der Waals surface area contributed by atoms with E-state index in [2.05, 4.69) is 24.5 Å². The largest absolute Gasteiger partial charge is 0.348 e. The van der Waals surface area contributed by atoms with Gasteiger partial charge in [-0.1, -0.05) is 32.4 Å². The Labute approximate surface area is 119 Å². The first-order chi connectivity index (χ1) is 9.56. The minimum absolute atomic E-state index is 0.450. The van der Waals surface area contributed by atoms with Gasteiger partial charge in [-0.05, 0) is 42.4 Å². The third-order valence-corrected chi connectivity index (χ3v) is 3.82. The minimum atomic E-state index is -0.596. The number of hydrogen-bond acceptors (Lipinski definition) is 2. The summed E-state index contributed by atoms with van der Waals surface area (Å²) in [5.41, 5.74) is 1.86. The summed E-state index contributed by atoms with van der Waals surface area (Å²) in [5.74, 6) is -0.144. The van der Waals surface area contributed by atoms with Gasteiger partial charge >= 0.3 is 11.8 Å². The third kappa shape index (κ3) is 3.83. The molecule has 1 fully saturated rings. The van der Waals surface area contributed by atoms with Gasteiger partial charge in [0.25, 0.3) is 0 Å². The van der Waals surface area contributed by atoms with Crippen LogP contribution in [0.2, 0.25) is 0 Å². The van der Waals surface area contributed by atoms with Crippen molar-refractivity contribution < 1.29 is 9.59 Å². The molecule has 1 saturated carbocycles. The molecular formula is C16H22N2O2. The van der Waals surface area contributed by atoms with E-state index in [0.717, 1.165) is 12.8 Å². The molecular weight excluding hydrogens is 252 g/mol. The van der Waals surface area contributed by atoms with E-state index < -0.39 is 11.8 Å². The summed E-state index contributed by atoms with van der Waals surface area (Å²) in [6.45, 7) is 4.83. The molecule has 4 heteroatoms. The molecule has 2 N–H and O–H groups in total. The zero-order chi connectivity index (χ0) is 14.5. The number of benzene rings is 1. The van der Waals surface area contributed by atoms with E-state index in [-0.39, 0.29) is 0 Å². The third-order valence-electron chi connectivity index (χ3n) is 3.82. The maximum atomic E-state index is 11.7. The van der Waals surface area contributed by atoms with Crippen LogP contribution in [0.15, 0.2) is 24.3 Å². The van der Waals surface area contributed by atoms with Crippen LogP contribution in [0.1, 0.15) is 44.6 Å². The Morgan fingerprint density at radius 2 is 1.80 bits per heavy atom. The predicted molar refractivity (Wildman–Crippen MR) is 79.5 cm³/mol. The lowest BCUT2D eigenvalue weighted by atomic mass is 9.85. The molecule has 0 saturated heterocycles. The highest BCUT2D eigenvalue weighted by atomic mass is 16.2. The Bertz CT molecular complexity index is 476. The second-order valence-corrected chi connectivity index (χ2v) is 5.74. The fourth-order valence-electron chi connectivity index (χ4n) is 2.15. The van der Waals surface area contributed by atoms with Gasteiger partial charge in [-0.25, -0.2) is 0 Å². The van der Waals surface area contributed by atoms with Crippen molar-refractivity contribution in [3.05, 3.63) is 29.8 Å². The first kappa shape index (κ1) is 14.6. The monoisotopic (exact) mass is 274 g/mol. The van der Waals surface area contributed by atoms with Gasteiger partial charge in [0.15, 0.2) is 0 Å². The molecule has 1 aliphatic rings. The van der Waals surface area contributed by atoms with E-state index in [1.54, 1.807) is 0 Å². The second kappa shape index (κ2) is 6.55. The average molecular weight is 274 g/mol. The second-order valence-electron chi connectivity index (χ2n) is 5.74. The van der Waals surface area contributed by atoms with Crippen LogP contribution in [-0.4, -0.2) is 18.4 Å². The smallest absolute Gasteiger partial charge is 0.313 e. The molecule has 0 spiro atoms. The predicted octanol–water partition coefficient (Wildman–Crippen LogP) is 2.66. The molecule has 20 heavy (non-hydrogen) atoms. The molecule has 0 heterocycles. The molecule has 2 amide bonds. The molecule has 1 aromatic rings. The number of carbonyl (C=O) groups is 2. The van der Waals surface area contributed by atoms with Gasteiger partial charge in [0.05, 0.1) is 0 Å². The van der Waals surface area contributed by atoms with Crippen LogP contribution in [0.5, 0.6) is 0 Å². The lowest BCUT2D eigenvalue weighted by Gasteiger charge is -2.25. The summed E-state index contributed by atoms with van der Waals surface area (Å²) in [7, 11) is 0. The van der Waals surface area contributed by atoms with Crippen LogP contribution in [0, 0.1) is 5.92 Å². The summed E-state index contributed by atoms with van der Waals surface area (Å²) in [6.07, 6.45) is 3.53. The molecule has 1 aliphatic carbocycles. The Balaban J connectivity index is 1.81. The maximum Gasteiger partial charge on any atom is 0.313 e. The van der Waals surface area contributed by atoms with Crippen molar-refractivity contribution in [2.24, 2.45) is 5.92 Å². The van der Waals surface area contributed by atoms with Crippen molar-refractivity contribution in [1.82, 2.24) is 5.32 Å². The highest BCUT2D eigenvalue weighted by Gasteiger charge is 2.20. The molecule has 2 rings (SSSR count). The summed E-state index contributed by atoms with van der Waals surface area (Å²) < 4.78 is 0. The molecule has 108 valence electrons. The van der Waals surface area contributed by atoms with Crippen LogP contribution in [0.3, 0.4) is 0 Å². The van der Waals surface area contributed by atoms with Crippen LogP contribution >= 0.6 is 0 Å². The number of nitrogens with one attached hydrogen (secondary N) is 2. The van der Waals surface area contributed by atoms with Gasteiger partial charge < -0.3 is 10.6 Å². The van der Waals surface area contributed by atoms with Crippen molar-refractivity contribution in [3.63, 3.8) is 0 Å². The van der Waals surface area contributed by atoms with Crippen molar-refractivity contribution in [2.45, 2.75) is 39.0 Å². The summed E-state index contributed by atoms with van der Waals surface area (Å²) in [4.78, 5) is 23.4. The lowest BCUT2D eigenvalue weighted by Crippen LogP contribution is -2.39. The molecule has 0 aliphatic heterocycles. The molecule has 1 aromatic carbocycles. The molecule has 0 aromatic heterocycles. The van der Waals surface area contributed by atoms with Crippen molar-refractivity contribution >= 4 is 17.5 Å². The van der Waals surface area contributed by atoms with E-state index in [9.17, 15) is 9.59 Å². The Morgan fingerprint density at radius 1 is 1.15 bits per heavy atom. The number of carbonyl (C=O) groups excluding carboxylic acids is 2. The number of rotatable bonds is 4. The van der Waals surface area contributed by atoms with Crippen molar-refractivity contribution in [3.8, 4) is 0 Å². The molecule has 0 radical (unpaired) electrons. The van der Waals surface area contributed by atoms with E-state index in [1.165, 1.54) is 12.0 Å². The average Bonchev–Trinajstić information content (AvgIpc) is 2.37. The number of amides is 2. The van der Waals surface area contributed by atoms with Gasteiger partial charge in [0.2, 0.25) is 0 Å². The van der Waals surface area contributed by atoms with Gasteiger partial charge in [0.1, 0.15) is 0 Å². The Kier molecular flexibility index (Phi) is 4.77. The molecule has 0 atom stereocenters. The topological polar surface area (TPSA) is 58.2 Å². The van der Waals surface area contributed by atoms with Gasteiger partial charge in [0, 0.05) is 12.2 Å². The van der Waals surface area contributed by atoms with E-state index >= 15 is 0 Å². The first-order valence-electron chi connectivity index (χ1n) is 7.25. The normalized spacial score (nSPS) is 14.8. The van der Waals surface area contributed by atoms with Gasteiger partial charge in [-0.2, -0.15) is 0 Å². The fraction of sp³-hybridized carbons (Fsp3) is 0.500. The highest BCUT2D eigenvalue weighted by Crippen LogP contribution is 2.25. The molecule has 0 unspecified atom stereocenters. The SMILES string of the molecule is CC(C)c1ccc(NC(=O)C(=O)NCC2CCC2)cc1. The van der Waals surface area contributed by atoms with E-state index in [0.29, 0.717) is 24.1 Å².